The SMILES string of the molecule is CCOC(=O)C(F)[C@H](N)c1cccc(F)c1F. The van der Waals surface area contributed by atoms with Gasteiger partial charge in [-0.2, -0.15) is 0 Å². The minimum absolute atomic E-state index is 0.0163. The second-order valence-electron chi connectivity index (χ2n) is 3.32. The molecule has 2 N–H and O–H groups in total. The van der Waals surface area contributed by atoms with Crippen LogP contribution in [0.2, 0.25) is 0 Å². The first-order chi connectivity index (χ1) is 7.99. The standard InChI is InChI=1S/C11H12F3NO2/c1-2-17-11(16)9(14)10(15)6-4-3-5-7(12)8(6)13/h3-5,9-10H,2,15H2,1H3/t9?,10-/m1/s1. The van der Waals surface area contributed by atoms with Crippen LogP contribution in [-0.4, -0.2) is 18.7 Å². The third-order valence-electron chi connectivity index (χ3n) is 2.17. The average Bonchev–Trinajstić information content (AvgIpc) is 2.31. The highest BCUT2D eigenvalue weighted by Gasteiger charge is 2.30. The molecule has 0 aliphatic rings. The monoisotopic (exact) mass is 247 g/mol. The second kappa shape index (κ2) is 5.67. The van der Waals surface area contributed by atoms with E-state index in [0.29, 0.717) is 0 Å². The van der Waals surface area contributed by atoms with Crippen LogP contribution < -0.4 is 5.73 Å². The van der Waals surface area contributed by atoms with E-state index in [1.807, 2.05) is 0 Å². The Bertz CT molecular complexity index is 412. The van der Waals surface area contributed by atoms with Gasteiger partial charge in [0, 0.05) is 5.56 Å². The number of ether oxygens (including phenoxy) is 1. The van der Waals surface area contributed by atoms with Crippen LogP contribution in [0.5, 0.6) is 0 Å². The third kappa shape index (κ3) is 2.97. The Hall–Kier alpha value is -1.56. The van der Waals surface area contributed by atoms with Crippen molar-refractivity contribution in [2.45, 2.75) is 19.1 Å². The van der Waals surface area contributed by atoms with Gasteiger partial charge in [-0.25, -0.2) is 18.0 Å². The van der Waals surface area contributed by atoms with Gasteiger partial charge in [0.2, 0.25) is 6.17 Å². The van der Waals surface area contributed by atoms with E-state index in [1.54, 1.807) is 0 Å². The largest absolute Gasteiger partial charge is 0.464 e. The lowest BCUT2D eigenvalue weighted by Gasteiger charge is -2.16. The van der Waals surface area contributed by atoms with Crippen LogP contribution in [0.15, 0.2) is 18.2 Å². The Morgan fingerprint density at radius 2 is 2.12 bits per heavy atom. The van der Waals surface area contributed by atoms with Crippen molar-refractivity contribution in [2.75, 3.05) is 6.61 Å². The first kappa shape index (κ1) is 13.5. The lowest BCUT2D eigenvalue weighted by Crippen LogP contribution is -2.32. The first-order valence-corrected chi connectivity index (χ1v) is 4.99. The summed E-state index contributed by atoms with van der Waals surface area (Å²) in [6, 6.07) is 1.59. The van der Waals surface area contributed by atoms with Crippen LogP contribution in [0.1, 0.15) is 18.5 Å². The van der Waals surface area contributed by atoms with Crippen molar-refractivity contribution in [1.29, 1.82) is 0 Å². The molecule has 1 aromatic rings. The molecule has 0 aromatic heterocycles. The van der Waals surface area contributed by atoms with E-state index < -0.39 is 35.4 Å². The van der Waals surface area contributed by atoms with Crippen molar-refractivity contribution < 1.29 is 22.7 Å². The fourth-order valence-corrected chi connectivity index (χ4v) is 1.30. The average molecular weight is 247 g/mol. The fraction of sp³-hybridized carbons (Fsp3) is 0.364. The molecule has 0 saturated carbocycles. The Morgan fingerprint density at radius 3 is 2.71 bits per heavy atom. The molecule has 0 fully saturated rings. The zero-order valence-electron chi connectivity index (χ0n) is 9.12. The fourth-order valence-electron chi connectivity index (χ4n) is 1.30. The molecule has 1 rings (SSSR count). The van der Waals surface area contributed by atoms with Gasteiger partial charge in [0.15, 0.2) is 11.6 Å². The van der Waals surface area contributed by atoms with E-state index in [9.17, 15) is 18.0 Å². The highest BCUT2D eigenvalue weighted by molar-refractivity contribution is 5.75. The minimum atomic E-state index is -2.23. The van der Waals surface area contributed by atoms with E-state index in [2.05, 4.69) is 4.74 Å². The predicted octanol–water partition coefficient (Wildman–Crippen LogP) is 1.87. The molecule has 3 nitrogen and oxygen atoms in total. The number of alkyl halides is 1. The summed E-state index contributed by atoms with van der Waals surface area (Å²) in [5, 5.41) is 0. The molecule has 0 amide bonds. The molecule has 0 heterocycles. The van der Waals surface area contributed by atoms with Gasteiger partial charge in [-0.1, -0.05) is 12.1 Å². The molecule has 1 aromatic carbocycles. The molecule has 0 bridgehead atoms. The number of hydrogen-bond acceptors (Lipinski definition) is 3. The van der Waals surface area contributed by atoms with Crippen LogP contribution in [0.3, 0.4) is 0 Å². The highest BCUT2D eigenvalue weighted by Crippen LogP contribution is 2.22. The summed E-state index contributed by atoms with van der Waals surface area (Å²) in [4.78, 5) is 11.1. The maximum atomic E-state index is 13.5. The number of halogens is 3. The summed E-state index contributed by atoms with van der Waals surface area (Å²) in [7, 11) is 0. The first-order valence-electron chi connectivity index (χ1n) is 4.99. The number of carbonyl (C=O) groups excluding carboxylic acids is 1. The number of benzene rings is 1. The quantitative estimate of drug-likeness (QED) is 0.826. The molecule has 0 radical (unpaired) electrons. The molecule has 0 aliphatic heterocycles. The van der Waals surface area contributed by atoms with Gasteiger partial charge in [0.05, 0.1) is 12.6 Å². The van der Waals surface area contributed by atoms with Crippen molar-refractivity contribution in [2.24, 2.45) is 5.73 Å². The van der Waals surface area contributed by atoms with Gasteiger partial charge in [-0.05, 0) is 13.0 Å². The lowest BCUT2D eigenvalue weighted by atomic mass is 10.0. The Balaban J connectivity index is 2.92. The topological polar surface area (TPSA) is 52.3 Å². The van der Waals surface area contributed by atoms with E-state index >= 15 is 0 Å². The number of nitrogens with two attached hydrogens (primary N) is 1. The van der Waals surface area contributed by atoms with E-state index in [0.717, 1.165) is 12.1 Å². The molecule has 0 aliphatic carbocycles. The van der Waals surface area contributed by atoms with Gasteiger partial charge >= 0.3 is 5.97 Å². The van der Waals surface area contributed by atoms with Crippen molar-refractivity contribution in [3.8, 4) is 0 Å². The van der Waals surface area contributed by atoms with Gasteiger partial charge in [0.1, 0.15) is 0 Å². The number of hydrogen-bond donors (Lipinski definition) is 1. The second-order valence-corrected chi connectivity index (χ2v) is 3.32. The summed E-state index contributed by atoms with van der Waals surface area (Å²) >= 11 is 0. The van der Waals surface area contributed by atoms with Gasteiger partial charge < -0.3 is 10.5 Å². The molecule has 0 saturated heterocycles. The molecule has 2 atom stereocenters. The summed E-state index contributed by atoms with van der Waals surface area (Å²) in [6.07, 6.45) is -2.23. The van der Waals surface area contributed by atoms with Crippen LogP contribution in [-0.2, 0) is 9.53 Å². The third-order valence-corrected chi connectivity index (χ3v) is 2.17. The predicted molar refractivity (Wildman–Crippen MR) is 54.8 cm³/mol. The maximum absolute atomic E-state index is 13.5. The van der Waals surface area contributed by atoms with Gasteiger partial charge in [0.25, 0.3) is 0 Å². The molecule has 1 unspecified atom stereocenters. The number of carbonyl (C=O) groups is 1. The highest BCUT2D eigenvalue weighted by atomic mass is 19.2. The zero-order chi connectivity index (χ0) is 13.0. The summed E-state index contributed by atoms with van der Waals surface area (Å²) in [5.74, 6) is -3.59. The van der Waals surface area contributed by atoms with Crippen molar-refractivity contribution in [3.05, 3.63) is 35.4 Å². The van der Waals surface area contributed by atoms with Crippen LogP contribution in [0.4, 0.5) is 13.2 Å². The summed E-state index contributed by atoms with van der Waals surface area (Å²) in [5.41, 5.74) is 4.96. The molecular weight excluding hydrogens is 235 g/mol. The van der Waals surface area contributed by atoms with Crippen molar-refractivity contribution in [1.82, 2.24) is 0 Å². The Kier molecular flexibility index (Phi) is 4.51. The molecular formula is C11H12F3NO2. The normalized spacial score (nSPS) is 14.2. The van der Waals surface area contributed by atoms with E-state index in [4.69, 9.17) is 5.73 Å². The number of rotatable bonds is 4. The Labute approximate surface area is 96.4 Å². The maximum Gasteiger partial charge on any atom is 0.342 e. The zero-order valence-corrected chi connectivity index (χ0v) is 9.12. The van der Waals surface area contributed by atoms with Gasteiger partial charge in [-0.15, -0.1) is 0 Å². The molecule has 6 heteroatoms. The minimum Gasteiger partial charge on any atom is -0.464 e. The van der Waals surface area contributed by atoms with E-state index in [-0.39, 0.29) is 6.61 Å². The molecule has 0 spiro atoms. The van der Waals surface area contributed by atoms with E-state index in [1.165, 1.54) is 13.0 Å². The van der Waals surface area contributed by atoms with Crippen molar-refractivity contribution in [3.63, 3.8) is 0 Å². The van der Waals surface area contributed by atoms with Crippen LogP contribution >= 0.6 is 0 Å². The Morgan fingerprint density at radius 1 is 1.47 bits per heavy atom. The smallest absolute Gasteiger partial charge is 0.342 e. The summed E-state index contributed by atoms with van der Waals surface area (Å²) < 4.78 is 44.1. The summed E-state index contributed by atoms with van der Waals surface area (Å²) in [6.45, 7) is 1.48. The van der Waals surface area contributed by atoms with Crippen LogP contribution in [0, 0.1) is 11.6 Å². The van der Waals surface area contributed by atoms with Gasteiger partial charge in [-0.3, -0.25) is 0 Å². The molecule has 94 valence electrons. The van der Waals surface area contributed by atoms with Crippen molar-refractivity contribution >= 4 is 5.97 Å². The van der Waals surface area contributed by atoms with Crippen LogP contribution in [0.25, 0.3) is 0 Å². The lowest BCUT2D eigenvalue weighted by molar-refractivity contribution is -0.149. The number of esters is 1. The molecule has 17 heavy (non-hydrogen) atoms.